The molecule has 2 N–H and O–H groups in total. The Labute approximate surface area is 95.0 Å². The molecule has 0 saturated carbocycles. The summed E-state index contributed by atoms with van der Waals surface area (Å²) in [6.45, 7) is 4.49. The third-order valence-corrected chi connectivity index (χ3v) is 4.07. The molecule has 0 aliphatic rings. The average molecular weight is 241 g/mol. The standard InChI is InChI=1S/C9H11N3OS2/c1-5-6(2)14-9(13)12(5)4-7-3-11-8(10)15-7/h3H,4H2,1-2H3,(H2,10,11). The van der Waals surface area contributed by atoms with Gasteiger partial charge in [0.05, 0.1) is 6.54 Å². The van der Waals surface area contributed by atoms with Gasteiger partial charge < -0.3 is 5.73 Å². The van der Waals surface area contributed by atoms with E-state index in [0.29, 0.717) is 11.7 Å². The Kier molecular flexibility index (Phi) is 2.62. The number of nitrogens with zero attached hydrogens (tertiary/aromatic N) is 2. The number of aryl methyl sites for hydroxylation is 1. The molecule has 0 atom stereocenters. The minimum Gasteiger partial charge on any atom is -0.375 e. The molecule has 4 nitrogen and oxygen atoms in total. The molecular formula is C9H11N3OS2. The third kappa shape index (κ3) is 1.95. The van der Waals surface area contributed by atoms with Crippen LogP contribution < -0.4 is 10.6 Å². The number of nitrogens with two attached hydrogens (primary N) is 1. The maximum Gasteiger partial charge on any atom is 0.307 e. The normalized spacial score (nSPS) is 10.8. The van der Waals surface area contributed by atoms with Crippen molar-refractivity contribution in [3.05, 3.63) is 31.3 Å². The van der Waals surface area contributed by atoms with Crippen LogP contribution in [0.4, 0.5) is 5.13 Å². The molecule has 2 heterocycles. The van der Waals surface area contributed by atoms with E-state index < -0.39 is 0 Å². The van der Waals surface area contributed by atoms with E-state index in [2.05, 4.69) is 4.98 Å². The minimum atomic E-state index is 0.0805. The number of hydrogen-bond donors (Lipinski definition) is 1. The van der Waals surface area contributed by atoms with Crippen molar-refractivity contribution < 1.29 is 0 Å². The lowest BCUT2D eigenvalue weighted by atomic mass is 10.4. The minimum absolute atomic E-state index is 0.0805. The first-order valence-electron chi connectivity index (χ1n) is 4.45. The van der Waals surface area contributed by atoms with Crippen LogP contribution >= 0.6 is 22.7 Å². The van der Waals surface area contributed by atoms with Crippen molar-refractivity contribution in [1.82, 2.24) is 9.55 Å². The fourth-order valence-corrected chi connectivity index (χ4v) is 2.83. The molecule has 0 saturated heterocycles. The molecule has 0 aliphatic heterocycles. The molecular weight excluding hydrogens is 230 g/mol. The quantitative estimate of drug-likeness (QED) is 0.869. The monoisotopic (exact) mass is 241 g/mol. The summed E-state index contributed by atoms with van der Waals surface area (Å²) in [6.07, 6.45) is 1.72. The van der Waals surface area contributed by atoms with Crippen molar-refractivity contribution in [2.24, 2.45) is 0 Å². The predicted octanol–water partition coefficient (Wildman–Crippen LogP) is 1.61. The zero-order valence-electron chi connectivity index (χ0n) is 8.48. The summed E-state index contributed by atoms with van der Waals surface area (Å²) >= 11 is 2.70. The summed E-state index contributed by atoms with van der Waals surface area (Å²) in [6, 6.07) is 0. The van der Waals surface area contributed by atoms with E-state index in [1.54, 1.807) is 10.8 Å². The molecule has 15 heavy (non-hydrogen) atoms. The number of nitrogen functional groups attached to an aromatic ring is 1. The highest BCUT2D eigenvalue weighted by molar-refractivity contribution is 7.15. The van der Waals surface area contributed by atoms with Crippen LogP contribution in [0, 0.1) is 13.8 Å². The SMILES string of the molecule is Cc1sc(=O)n(Cc2cnc(N)s2)c1C. The summed E-state index contributed by atoms with van der Waals surface area (Å²) in [5.74, 6) is 0. The molecule has 0 bridgehead atoms. The molecule has 0 aliphatic carbocycles. The van der Waals surface area contributed by atoms with Crippen LogP contribution in [0.3, 0.4) is 0 Å². The molecule has 0 unspecified atom stereocenters. The van der Waals surface area contributed by atoms with Crippen molar-refractivity contribution in [2.75, 3.05) is 5.73 Å². The Morgan fingerprint density at radius 3 is 2.67 bits per heavy atom. The van der Waals surface area contributed by atoms with Gasteiger partial charge in [0.2, 0.25) is 0 Å². The van der Waals surface area contributed by atoms with Crippen LogP contribution in [-0.4, -0.2) is 9.55 Å². The van der Waals surface area contributed by atoms with Crippen LogP contribution in [-0.2, 0) is 6.54 Å². The van der Waals surface area contributed by atoms with Crippen molar-refractivity contribution in [3.8, 4) is 0 Å². The van der Waals surface area contributed by atoms with Crippen molar-refractivity contribution in [2.45, 2.75) is 20.4 Å². The van der Waals surface area contributed by atoms with Gasteiger partial charge >= 0.3 is 4.87 Å². The maximum atomic E-state index is 11.6. The van der Waals surface area contributed by atoms with Gasteiger partial charge in [0.15, 0.2) is 5.13 Å². The lowest BCUT2D eigenvalue weighted by Crippen LogP contribution is -2.14. The molecule has 80 valence electrons. The van der Waals surface area contributed by atoms with E-state index in [1.165, 1.54) is 22.7 Å². The average Bonchev–Trinajstić information content (AvgIpc) is 2.67. The lowest BCUT2D eigenvalue weighted by molar-refractivity contribution is 0.760. The zero-order chi connectivity index (χ0) is 11.0. The van der Waals surface area contributed by atoms with Gasteiger partial charge in [0, 0.05) is 21.6 Å². The van der Waals surface area contributed by atoms with E-state index in [0.717, 1.165) is 15.4 Å². The second-order valence-electron chi connectivity index (χ2n) is 3.26. The maximum absolute atomic E-state index is 11.6. The number of anilines is 1. The Hall–Kier alpha value is -1.14. The molecule has 0 aromatic carbocycles. The summed E-state index contributed by atoms with van der Waals surface area (Å²) in [4.78, 5) is 17.7. The Balaban J connectivity index is 2.36. The number of rotatable bonds is 2. The van der Waals surface area contributed by atoms with Gasteiger partial charge in [-0.1, -0.05) is 11.3 Å². The first kappa shape index (κ1) is 10.4. The van der Waals surface area contributed by atoms with Crippen molar-refractivity contribution in [3.63, 3.8) is 0 Å². The molecule has 2 aromatic heterocycles. The van der Waals surface area contributed by atoms with Gasteiger partial charge in [-0.3, -0.25) is 9.36 Å². The van der Waals surface area contributed by atoms with Gasteiger partial charge in [0.1, 0.15) is 0 Å². The number of hydrogen-bond acceptors (Lipinski definition) is 5. The molecule has 0 amide bonds. The van der Waals surface area contributed by atoms with E-state index in [-0.39, 0.29) is 4.87 Å². The summed E-state index contributed by atoms with van der Waals surface area (Å²) in [5, 5.41) is 0.544. The van der Waals surface area contributed by atoms with Crippen LogP contribution in [0.2, 0.25) is 0 Å². The Morgan fingerprint density at radius 2 is 2.20 bits per heavy atom. The van der Waals surface area contributed by atoms with Crippen molar-refractivity contribution in [1.29, 1.82) is 0 Å². The second-order valence-corrected chi connectivity index (χ2v) is 5.57. The smallest absolute Gasteiger partial charge is 0.307 e. The third-order valence-electron chi connectivity index (χ3n) is 2.26. The molecule has 0 radical (unpaired) electrons. The number of thiazole rings is 2. The Bertz CT molecular complexity index is 538. The molecule has 6 heteroatoms. The fraction of sp³-hybridized carbons (Fsp3) is 0.333. The second kappa shape index (κ2) is 3.79. The van der Waals surface area contributed by atoms with Gasteiger partial charge in [-0.25, -0.2) is 4.98 Å². The highest BCUT2D eigenvalue weighted by atomic mass is 32.1. The predicted molar refractivity (Wildman–Crippen MR) is 63.7 cm³/mol. The first-order chi connectivity index (χ1) is 7.08. The van der Waals surface area contributed by atoms with Gasteiger partial charge in [-0.15, -0.1) is 11.3 Å². The summed E-state index contributed by atoms with van der Waals surface area (Å²) in [5.41, 5.74) is 6.56. The zero-order valence-corrected chi connectivity index (χ0v) is 10.1. The van der Waals surface area contributed by atoms with E-state index in [9.17, 15) is 4.79 Å². The van der Waals surface area contributed by atoms with Crippen LogP contribution in [0.5, 0.6) is 0 Å². The van der Waals surface area contributed by atoms with Crippen LogP contribution in [0.1, 0.15) is 15.4 Å². The first-order valence-corrected chi connectivity index (χ1v) is 6.08. The van der Waals surface area contributed by atoms with Crippen LogP contribution in [0.15, 0.2) is 11.0 Å². The van der Waals surface area contributed by atoms with E-state index in [1.807, 2.05) is 13.8 Å². The highest BCUT2D eigenvalue weighted by Crippen LogP contribution is 2.17. The molecule has 0 spiro atoms. The lowest BCUT2D eigenvalue weighted by Gasteiger charge is -2.01. The molecule has 2 rings (SSSR count). The Morgan fingerprint density at radius 1 is 1.47 bits per heavy atom. The van der Waals surface area contributed by atoms with E-state index in [4.69, 9.17) is 5.73 Å². The number of aromatic nitrogens is 2. The van der Waals surface area contributed by atoms with Crippen LogP contribution in [0.25, 0.3) is 0 Å². The van der Waals surface area contributed by atoms with E-state index >= 15 is 0 Å². The van der Waals surface area contributed by atoms with Gasteiger partial charge in [-0.2, -0.15) is 0 Å². The van der Waals surface area contributed by atoms with Gasteiger partial charge in [0.25, 0.3) is 0 Å². The molecule has 2 aromatic rings. The summed E-state index contributed by atoms with van der Waals surface area (Å²) in [7, 11) is 0. The largest absolute Gasteiger partial charge is 0.375 e. The molecule has 0 fully saturated rings. The highest BCUT2D eigenvalue weighted by Gasteiger charge is 2.09. The van der Waals surface area contributed by atoms with Gasteiger partial charge in [-0.05, 0) is 13.8 Å². The summed E-state index contributed by atoms with van der Waals surface area (Å²) < 4.78 is 1.76. The topological polar surface area (TPSA) is 60.9 Å². The van der Waals surface area contributed by atoms with Crippen molar-refractivity contribution >= 4 is 27.8 Å². The fourth-order valence-electron chi connectivity index (χ4n) is 1.32.